The van der Waals surface area contributed by atoms with Crippen LogP contribution < -0.4 is 14.2 Å². The Bertz CT molecular complexity index is 848. The van der Waals surface area contributed by atoms with Crippen LogP contribution in [-0.4, -0.2) is 38.0 Å². The number of hydrogen-bond donors (Lipinski definition) is 0. The van der Waals surface area contributed by atoms with E-state index >= 15 is 0 Å². The van der Waals surface area contributed by atoms with Crippen LogP contribution in [0.3, 0.4) is 0 Å². The van der Waals surface area contributed by atoms with E-state index in [1.807, 2.05) is 0 Å². The third kappa shape index (κ3) is 2.67. The lowest BCUT2D eigenvalue weighted by Gasteiger charge is -2.15. The van der Waals surface area contributed by atoms with Crippen LogP contribution in [0.25, 0.3) is 0 Å². The molecule has 0 spiro atoms. The molecular weight excluding hydrogens is 329 g/mol. The monoisotopic (exact) mass is 345 g/mol. The number of benzene rings is 2. The summed E-state index contributed by atoms with van der Waals surface area (Å²) in [5.74, 6) is -0.400. The lowest BCUT2D eigenvalue weighted by Crippen LogP contribution is -2.31. The van der Waals surface area contributed by atoms with Crippen molar-refractivity contribution in [2.24, 2.45) is 0 Å². The summed E-state index contributed by atoms with van der Waals surface area (Å²) in [6.45, 7) is 0.0356. The molecule has 2 aromatic carbocycles. The first-order valence-corrected chi connectivity index (χ1v) is 7.45. The van der Waals surface area contributed by atoms with Crippen LogP contribution in [-0.2, 0) is 6.54 Å². The Balaban J connectivity index is 2.03. The van der Waals surface area contributed by atoms with Crippen LogP contribution in [0, 0.1) is 5.82 Å². The molecule has 0 aliphatic carbocycles. The summed E-state index contributed by atoms with van der Waals surface area (Å²) in [5, 5.41) is 0. The van der Waals surface area contributed by atoms with Gasteiger partial charge in [-0.2, -0.15) is 0 Å². The van der Waals surface area contributed by atoms with E-state index in [1.165, 1.54) is 51.7 Å². The minimum Gasteiger partial charge on any atom is -0.493 e. The number of rotatable bonds is 4. The highest BCUT2D eigenvalue weighted by atomic mass is 19.1. The molecule has 2 amide bonds. The molecule has 3 rings (SSSR count). The van der Waals surface area contributed by atoms with Crippen molar-refractivity contribution >= 4 is 11.8 Å². The molecule has 130 valence electrons. The van der Waals surface area contributed by atoms with E-state index in [4.69, 9.17) is 14.2 Å². The summed E-state index contributed by atoms with van der Waals surface area (Å²) in [4.78, 5) is 26.4. The van der Waals surface area contributed by atoms with Crippen LogP contribution in [0.15, 0.2) is 30.3 Å². The molecular formula is C18H16FNO5. The van der Waals surface area contributed by atoms with Gasteiger partial charge in [0, 0.05) is 11.1 Å². The quantitative estimate of drug-likeness (QED) is 0.797. The third-order valence-corrected chi connectivity index (χ3v) is 4.06. The van der Waals surface area contributed by atoms with E-state index in [-0.39, 0.29) is 12.1 Å². The predicted molar refractivity (Wildman–Crippen MR) is 86.7 cm³/mol. The Labute approximate surface area is 143 Å². The Kier molecular flexibility index (Phi) is 4.31. The van der Waals surface area contributed by atoms with Crippen molar-refractivity contribution in [3.8, 4) is 17.2 Å². The van der Waals surface area contributed by atoms with Crippen molar-refractivity contribution in [1.29, 1.82) is 0 Å². The van der Waals surface area contributed by atoms with Gasteiger partial charge in [-0.15, -0.1) is 0 Å². The summed E-state index contributed by atoms with van der Waals surface area (Å²) in [5.41, 5.74) is 1.08. The number of amides is 2. The number of carbonyl (C=O) groups excluding carboxylic acids is 2. The number of hydrogen-bond acceptors (Lipinski definition) is 5. The van der Waals surface area contributed by atoms with E-state index in [2.05, 4.69) is 0 Å². The average molecular weight is 345 g/mol. The van der Waals surface area contributed by atoms with Gasteiger partial charge >= 0.3 is 0 Å². The van der Waals surface area contributed by atoms with E-state index in [9.17, 15) is 14.0 Å². The maximum absolute atomic E-state index is 13.0. The van der Waals surface area contributed by atoms with Gasteiger partial charge in [0.05, 0.1) is 33.4 Å². The molecule has 6 nitrogen and oxygen atoms in total. The second-order valence-corrected chi connectivity index (χ2v) is 5.37. The largest absolute Gasteiger partial charge is 0.493 e. The number of carbonyl (C=O) groups is 2. The second kappa shape index (κ2) is 6.43. The predicted octanol–water partition coefficient (Wildman–Crippen LogP) is 2.65. The molecule has 0 atom stereocenters. The summed E-state index contributed by atoms with van der Waals surface area (Å²) >= 11 is 0. The zero-order chi connectivity index (χ0) is 18.1. The van der Waals surface area contributed by atoms with Crippen LogP contribution in [0.4, 0.5) is 4.39 Å². The van der Waals surface area contributed by atoms with Gasteiger partial charge < -0.3 is 14.2 Å². The van der Waals surface area contributed by atoms with Gasteiger partial charge in [-0.3, -0.25) is 14.5 Å². The standard InChI is InChI=1S/C18H16FNO5/c1-23-14-8-12-13(15(24-2)16(14)25-3)9-20(18(12)22)17(21)10-4-6-11(19)7-5-10/h4-8H,9H2,1-3H3. The van der Waals surface area contributed by atoms with Gasteiger partial charge in [0.1, 0.15) is 5.82 Å². The van der Waals surface area contributed by atoms with Crippen molar-refractivity contribution < 1.29 is 28.2 Å². The molecule has 0 N–H and O–H groups in total. The zero-order valence-electron chi connectivity index (χ0n) is 14.0. The first-order valence-electron chi connectivity index (χ1n) is 7.45. The van der Waals surface area contributed by atoms with Gasteiger partial charge in [-0.1, -0.05) is 0 Å². The molecule has 1 heterocycles. The maximum Gasteiger partial charge on any atom is 0.261 e. The average Bonchev–Trinajstić information content (AvgIpc) is 2.96. The van der Waals surface area contributed by atoms with E-state index in [0.29, 0.717) is 28.4 Å². The molecule has 0 radical (unpaired) electrons. The number of imide groups is 1. The molecule has 0 unspecified atom stereocenters. The third-order valence-electron chi connectivity index (χ3n) is 4.06. The molecule has 1 aliphatic rings. The van der Waals surface area contributed by atoms with Crippen LogP contribution in [0.2, 0.25) is 0 Å². The topological polar surface area (TPSA) is 65.1 Å². The van der Waals surface area contributed by atoms with E-state index < -0.39 is 17.6 Å². The van der Waals surface area contributed by atoms with Gasteiger partial charge in [-0.25, -0.2) is 4.39 Å². The van der Waals surface area contributed by atoms with Crippen molar-refractivity contribution in [1.82, 2.24) is 4.90 Å². The second-order valence-electron chi connectivity index (χ2n) is 5.37. The lowest BCUT2D eigenvalue weighted by molar-refractivity contribution is 0.0630. The molecule has 1 aliphatic heterocycles. The summed E-state index contributed by atoms with van der Waals surface area (Å²) in [6, 6.07) is 6.55. The molecule has 2 aromatic rings. The zero-order valence-corrected chi connectivity index (χ0v) is 14.0. The van der Waals surface area contributed by atoms with Crippen molar-refractivity contribution in [3.63, 3.8) is 0 Å². The normalized spacial score (nSPS) is 12.8. The van der Waals surface area contributed by atoms with Crippen LogP contribution in [0.1, 0.15) is 26.3 Å². The summed E-state index contributed by atoms with van der Waals surface area (Å²) < 4.78 is 29.0. The highest BCUT2D eigenvalue weighted by Crippen LogP contribution is 2.45. The van der Waals surface area contributed by atoms with Gasteiger partial charge in [0.15, 0.2) is 11.5 Å². The fraction of sp³-hybridized carbons (Fsp3) is 0.222. The summed E-state index contributed by atoms with van der Waals surface area (Å²) in [6.07, 6.45) is 0. The first kappa shape index (κ1) is 16.8. The Morgan fingerprint density at radius 1 is 1.04 bits per heavy atom. The van der Waals surface area contributed by atoms with Crippen molar-refractivity contribution in [3.05, 3.63) is 52.8 Å². The van der Waals surface area contributed by atoms with Gasteiger partial charge in [0.25, 0.3) is 11.8 Å². The molecule has 0 aromatic heterocycles. The molecule has 7 heteroatoms. The number of ether oxygens (including phenoxy) is 3. The number of fused-ring (bicyclic) bond motifs is 1. The van der Waals surface area contributed by atoms with Crippen molar-refractivity contribution in [2.75, 3.05) is 21.3 Å². The molecule has 0 bridgehead atoms. The number of methoxy groups -OCH3 is 3. The fourth-order valence-corrected chi connectivity index (χ4v) is 2.85. The molecule has 0 fully saturated rings. The molecule has 0 saturated heterocycles. The first-order chi connectivity index (χ1) is 12.0. The Morgan fingerprint density at radius 3 is 2.24 bits per heavy atom. The Morgan fingerprint density at radius 2 is 1.68 bits per heavy atom. The highest BCUT2D eigenvalue weighted by molar-refractivity contribution is 6.13. The van der Waals surface area contributed by atoms with E-state index in [1.54, 1.807) is 0 Å². The Hall–Kier alpha value is -3.09. The van der Waals surface area contributed by atoms with Crippen LogP contribution in [0.5, 0.6) is 17.2 Å². The molecule has 25 heavy (non-hydrogen) atoms. The minimum absolute atomic E-state index is 0.0356. The van der Waals surface area contributed by atoms with Gasteiger partial charge in [0.2, 0.25) is 5.75 Å². The van der Waals surface area contributed by atoms with E-state index in [0.717, 1.165) is 4.90 Å². The SMILES string of the molecule is COc1cc2c(c(OC)c1OC)CN(C(=O)c1ccc(F)cc1)C2=O. The van der Waals surface area contributed by atoms with Gasteiger partial charge in [-0.05, 0) is 30.3 Å². The number of halogens is 1. The smallest absolute Gasteiger partial charge is 0.261 e. The minimum atomic E-state index is -0.513. The highest BCUT2D eigenvalue weighted by Gasteiger charge is 2.37. The van der Waals surface area contributed by atoms with Crippen LogP contribution >= 0.6 is 0 Å². The maximum atomic E-state index is 13.0. The lowest BCUT2D eigenvalue weighted by atomic mass is 10.1. The number of nitrogens with zero attached hydrogens (tertiary/aromatic N) is 1. The fourth-order valence-electron chi connectivity index (χ4n) is 2.85. The summed E-state index contributed by atoms with van der Waals surface area (Å²) in [7, 11) is 4.36. The molecule has 0 saturated carbocycles. The van der Waals surface area contributed by atoms with Crippen molar-refractivity contribution in [2.45, 2.75) is 6.54 Å².